The molecule has 0 radical (unpaired) electrons. The van der Waals surface area contributed by atoms with Crippen molar-refractivity contribution in [3.63, 3.8) is 0 Å². The van der Waals surface area contributed by atoms with Crippen LogP contribution in [0.5, 0.6) is 0 Å². The molecule has 0 fully saturated rings. The molecule has 0 spiro atoms. The van der Waals surface area contributed by atoms with Crippen molar-refractivity contribution in [3.8, 4) is 0 Å². The fraction of sp³-hybridized carbons (Fsp3) is 0.786. The molecular formula is C14H26N2OS. The first-order valence-electron chi connectivity index (χ1n) is 6.76. The van der Waals surface area contributed by atoms with E-state index in [0.29, 0.717) is 0 Å². The van der Waals surface area contributed by atoms with Crippen molar-refractivity contribution in [3.05, 3.63) is 15.6 Å². The first-order chi connectivity index (χ1) is 8.46. The van der Waals surface area contributed by atoms with Crippen LogP contribution in [-0.2, 0) is 24.1 Å². The maximum Gasteiger partial charge on any atom is 0.0954 e. The Morgan fingerprint density at radius 1 is 1.28 bits per heavy atom. The zero-order valence-corrected chi connectivity index (χ0v) is 13.1. The van der Waals surface area contributed by atoms with Crippen LogP contribution in [-0.4, -0.2) is 23.7 Å². The first kappa shape index (κ1) is 15.6. The summed E-state index contributed by atoms with van der Waals surface area (Å²) in [6.07, 6.45) is 1.94. The third-order valence-electron chi connectivity index (χ3n) is 2.60. The van der Waals surface area contributed by atoms with Crippen LogP contribution in [0.3, 0.4) is 0 Å². The van der Waals surface area contributed by atoms with Crippen LogP contribution in [0, 0.1) is 0 Å². The van der Waals surface area contributed by atoms with Crippen LogP contribution < -0.4 is 5.32 Å². The highest BCUT2D eigenvalue weighted by Gasteiger charge is 2.13. The van der Waals surface area contributed by atoms with Crippen molar-refractivity contribution < 1.29 is 4.74 Å². The summed E-state index contributed by atoms with van der Waals surface area (Å²) in [5, 5.41) is 4.73. The molecule has 0 saturated heterocycles. The molecule has 1 aromatic heterocycles. The van der Waals surface area contributed by atoms with E-state index in [1.165, 1.54) is 15.6 Å². The third-order valence-corrected chi connectivity index (χ3v) is 3.76. The monoisotopic (exact) mass is 270 g/mol. The Kier molecular flexibility index (Phi) is 6.26. The highest BCUT2D eigenvalue weighted by atomic mass is 32.1. The lowest BCUT2D eigenvalue weighted by atomic mass is 10.1. The second-order valence-corrected chi connectivity index (χ2v) is 6.55. The molecule has 0 amide bonds. The fourth-order valence-corrected chi connectivity index (χ4v) is 2.69. The summed E-state index contributed by atoms with van der Waals surface area (Å²) in [6.45, 7) is 13.2. The van der Waals surface area contributed by atoms with E-state index in [1.54, 1.807) is 0 Å². The van der Waals surface area contributed by atoms with Gasteiger partial charge < -0.3 is 10.1 Å². The minimum Gasteiger partial charge on any atom is -0.381 e. The van der Waals surface area contributed by atoms with Gasteiger partial charge in [-0.3, -0.25) is 0 Å². The van der Waals surface area contributed by atoms with Crippen molar-refractivity contribution >= 4 is 11.3 Å². The predicted molar refractivity (Wildman–Crippen MR) is 78.3 cm³/mol. The molecule has 0 bridgehead atoms. The lowest BCUT2D eigenvalue weighted by molar-refractivity contribution is 0.151. The minimum absolute atomic E-state index is 0.153. The Balaban J connectivity index is 2.60. The van der Waals surface area contributed by atoms with E-state index in [1.807, 2.05) is 18.3 Å². The molecule has 0 aliphatic heterocycles. The van der Waals surface area contributed by atoms with Gasteiger partial charge in [-0.05, 0) is 34.1 Å². The van der Waals surface area contributed by atoms with Gasteiger partial charge in [-0.2, -0.15) is 0 Å². The molecular weight excluding hydrogens is 244 g/mol. The van der Waals surface area contributed by atoms with Crippen LogP contribution in [0.25, 0.3) is 0 Å². The van der Waals surface area contributed by atoms with Gasteiger partial charge in [-0.1, -0.05) is 6.92 Å². The summed E-state index contributed by atoms with van der Waals surface area (Å²) in [7, 11) is 0. The van der Waals surface area contributed by atoms with Gasteiger partial charge in [0, 0.05) is 30.0 Å². The standard InChI is InChI=1S/C14H26N2OS/c1-6-11-12(10-15-14(3,4)5)18-13(16-11)8-9-17-7-2/h15H,6-10H2,1-5H3. The summed E-state index contributed by atoms with van der Waals surface area (Å²) in [4.78, 5) is 6.07. The maximum absolute atomic E-state index is 5.39. The number of hydrogen-bond acceptors (Lipinski definition) is 4. The second kappa shape index (κ2) is 7.22. The van der Waals surface area contributed by atoms with Crippen LogP contribution >= 0.6 is 11.3 Å². The largest absolute Gasteiger partial charge is 0.381 e. The third kappa shape index (κ3) is 5.46. The zero-order chi connectivity index (χ0) is 13.6. The Labute approximate surface area is 115 Å². The predicted octanol–water partition coefficient (Wildman–Crippen LogP) is 3.17. The fourth-order valence-electron chi connectivity index (χ4n) is 1.61. The minimum atomic E-state index is 0.153. The van der Waals surface area contributed by atoms with Gasteiger partial charge in [0.15, 0.2) is 0 Å². The topological polar surface area (TPSA) is 34.1 Å². The van der Waals surface area contributed by atoms with Gasteiger partial charge in [-0.25, -0.2) is 4.98 Å². The van der Waals surface area contributed by atoms with Crippen molar-refractivity contribution in [2.45, 2.75) is 59.5 Å². The zero-order valence-electron chi connectivity index (χ0n) is 12.3. The molecule has 1 aromatic rings. The molecule has 1 rings (SSSR count). The molecule has 0 saturated carbocycles. The summed E-state index contributed by atoms with van der Waals surface area (Å²) in [5.74, 6) is 0. The number of nitrogens with one attached hydrogen (secondary N) is 1. The average molecular weight is 270 g/mol. The Hall–Kier alpha value is -0.450. The molecule has 4 heteroatoms. The number of aromatic nitrogens is 1. The SMILES string of the molecule is CCOCCc1nc(CC)c(CNC(C)(C)C)s1. The molecule has 1 heterocycles. The van der Waals surface area contributed by atoms with E-state index in [4.69, 9.17) is 9.72 Å². The highest BCUT2D eigenvalue weighted by Crippen LogP contribution is 2.20. The molecule has 3 nitrogen and oxygen atoms in total. The number of thiazole rings is 1. The van der Waals surface area contributed by atoms with Crippen LogP contribution in [0.1, 0.15) is 50.2 Å². The Morgan fingerprint density at radius 3 is 2.56 bits per heavy atom. The van der Waals surface area contributed by atoms with E-state index in [2.05, 4.69) is 33.0 Å². The summed E-state index contributed by atoms with van der Waals surface area (Å²) < 4.78 is 5.39. The Morgan fingerprint density at radius 2 is 2.00 bits per heavy atom. The lowest BCUT2D eigenvalue weighted by Crippen LogP contribution is -2.35. The van der Waals surface area contributed by atoms with Crippen LogP contribution in [0.15, 0.2) is 0 Å². The maximum atomic E-state index is 5.39. The van der Waals surface area contributed by atoms with E-state index in [9.17, 15) is 0 Å². The molecule has 0 aliphatic carbocycles. The van der Waals surface area contributed by atoms with Gasteiger partial charge in [0.1, 0.15) is 0 Å². The van der Waals surface area contributed by atoms with Crippen molar-refractivity contribution in [1.29, 1.82) is 0 Å². The van der Waals surface area contributed by atoms with Gasteiger partial charge in [0.25, 0.3) is 0 Å². The number of rotatable bonds is 7. The first-order valence-corrected chi connectivity index (χ1v) is 7.58. The molecule has 0 aromatic carbocycles. The van der Waals surface area contributed by atoms with E-state index >= 15 is 0 Å². The normalized spacial score (nSPS) is 12.1. The molecule has 0 aliphatic rings. The van der Waals surface area contributed by atoms with Gasteiger partial charge >= 0.3 is 0 Å². The van der Waals surface area contributed by atoms with E-state index < -0.39 is 0 Å². The quantitative estimate of drug-likeness (QED) is 0.773. The van der Waals surface area contributed by atoms with Gasteiger partial charge in [-0.15, -0.1) is 11.3 Å². The molecule has 104 valence electrons. The second-order valence-electron chi connectivity index (χ2n) is 5.38. The summed E-state index contributed by atoms with van der Waals surface area (Å²) >= 11 is 1.82. The Bertz CT molecular complexity index is 355. The molecule has 0 unspecified atom stereocenters. The smallest absolute Gasteiger partial charge is 0.0954 e. The molecule has 1 N–H and O–H groups in total. The molecule has 18 heavy (non-hydrogen) atoms. The highest BCUT2D eigenvalue weighted by molar-refractivity contribution is 7.11. The average Bonchev–Trinajstić information content (AvgIpc) is 2.68. The van der Waals surface area contributed by atoms with Crippen molar-refractivity contribution in [2.24, 2.45) is 0 Å². The van der Waals surface area contributed by atoms with Crippen molar-refractivity contribution in [1.82, 2.24) is 10.3 Å². The number of nitrogens with zero attached hydrogens (tertiary/aromatic N) is 1. The lowest BCUT2D eigenvalue weighted by Gasteiger charge is -2.20. The van der Waals surface area contributed by atoms with E-state index in [0.717, 1.165) is 32.6 Å². The molecule has 0 atom stereocenters. The summed E-state index contributed by atoms with van der Waals surface area (Å²) in [6, 6.07) is 0. The van der Waals surface area contributed by atoms with Crippen LogP contribution in [0.4, 0.5) is 0 Å². The van der Waals surface area contributed by atoms with Gasteiger partial charge in [0.05, 0.1) is 17.3 Å². The number of hydrogen-bond donors (Lipinski definition) is 1. The number of aryl methyl sites for hydroxylation is 1. The number of ether oxygens (including phenoxy) is 1. The van der Waals surface area contributed by atoms with Crippen molar-refractivity contribution in [2.75, 3.05) is 13.2 Å². The van der Waals surface area contributed by atoms with Gasteiger partial charge in [0.2, 0.25) is 0 Å². The summed E-state index contributed by atoms with van der Waals surface area (Å²) in [5.41, 5.74) is 1.39. The van der Waals surface area contributed by atoms with E-state index in [-0.39, 0.29) is 5.54 Å². The van der Waals surface area contributed by atoms with Crippen LogP contribution in [0.2, 0.25) is 0 Å².